The predicted molar refractivity (Wildman–Crippen MR) is 82.0 cm³/mol. The van der Waals surface area contributed by atoms with Crippen LogP contribution >= 0.6 is 0 Å². The number of quaternary nitrogens is 2. The molecule has 2 amide bonds. The first-order valence-corrected chi connectivity index (χ1v) is 8.50. The normalized spacial score (nSPS) is 25.9. The van der Waals surface area contributed by atoms with Crippen molar-refractivity contribution in [3.8, 4) is 0 Å². The van der Waals surface area contributed by atoms with Gasteiger partial charge in [0.05, 0.1) is 13.2 Å². The van der Waals surface area contributed by atoms with Crippen LogP contribution in [0.25, 0.3) is 0 Å². The maximum absolute atomic E-state index is 12.4. The number of carbonyl (C=O) groups is 2. The minimum atomic E-state index is -0.265. The number of carbonyl (C=O) groups excluding carboxylic acids is 2. The molecule has 0 aromatic rings. The molecule has 0 unspecified atom stereocenters. The van der Waals surface area contributed by atoms with Crippen LogP contribution in [0.1, 0.15) is 13.8 Å². The van der Waals surface area contributed by atoms with Gasteiger partial charge in [-0.25, -0.2) is 4.79 Å². The van der Waals surface area contributed by atoms with E-state index in [9.17, 15) is 9.59 Å². The molecule has 2 aliphatic heterocycles. The number of piperazine rings is 2. The second kappa shape index (κ2) is 8.33. The van der Waals surface area contributed by atoms with Crippen LogP contribution in [0.4, 0.5) is 4.79 Å². The Hall–Kier alpha value is -1.34. The third-order valence-corrected chi connectivity index (χ3v) is 4.72. The third kappa shape index (κ3) is 4.58. The Kier molecular flexibility index (Phi) is 6.45. The van der Waals surface area contributed by atoms with E-state index in [4.69, 9.17) is 4.74 Å². The molecule has 0 bridgehead atoms. The van der Waals surface area contributed by atoms with Crippen LogP contribution in [0.15, 0.2) is 0 Å². The Morgan fingerprint density at radius 1 is 0.909 bits per heavy atom. The summed E-state index contributed by atoms with van der Waals surface area (Å²) in [5.74, 6) is 0.221. The Morgan fingerprint density at radius 2 is 1.45 bits per heavy atom. The summed E-state index contributed by atoms with van der Waals surface area (Å²) >= 11 is 0. The van der Waals surface area contributed by atoms with E-state index in [1.54, 1.807) is 16.7 Å². The molecule has 7 heteroatoms. The predicted octanol–water partition coefficient (Wildman–Crippen LogP) is -2.91. The minimum Gasteiger partial charge on any atom is -0.450 e. The van der Waals surface area contributed by atoms with Crippen LogP contribution in [0.5, 0.6) is 0 Å². The molecular formula is C15H30N4O3+2. The Balaban J connectivity index is 1.70. The number of hydrogen-bond donors (Lipinski definition) is 2. The molecule has 0 radical (unpaired) electrons. The molecule has 7 nitrogen and oxygen atoms in total. The van der Waals surface area contributed by atoms with Crippen molar-refractivity contribution in [1.82, 2.24) is 9.80 Å². The highest BCUT2D eigenvalue weighted by atomic mass is 16.6. The first-order valence-electron chi connectivity index (χ1n) is 8.50. The summed E-state index contributed by atoms with van der Waals surface area (Å²) < 4.78 is 5.00. The average Bonchev–Trinajstić information content (AvgIpc) is 2.56. The first-order chi connectivity index (χ1) is 10.6. The maximum atomic E-state index is 12.4. The fourth-order valence-corrected chi connectivity index (χ4v) is 3.17. The van der Waals surface area contributed by atoms with Crippen LogP contribution in [0.3, 0.4) is 0 Å². The fourth-order valence-electron chi connectivity index (χ4n) is 3.17. The molecule has 0 spiro atoms. The first kappa shape index (κ1) is 17.0. The monoisotopic (exact) mass is 314 g/mol. The van der Waals surface area contributed by atoms with E-state index in [1.165, 1.54) is 11.4 Å². The molecule has 0 aromatic heterocycles. The maximum Gasteiger partial charge on any atom is 0.409 e. The molecule has 0 saturated carbocycles. The van der Waals surface area contributed by atoms with Gasteiger partial charge >= 0.3 is 6.09 Å². The van der Waals surface area contributed by atoms with Crippen molar-refractivity contribution >= 4 is 12.0 Å². The number of hydrogen-bond acceptors (Lipinski definition) is 3. The van der Waals surface area contributed by atoms with E-state index in [2.05, 4.69) is 6.92 Å². The number of ether oxygens (including phenoxy) is 1. The summed E-state index contributed by atoms with van der Waals surface area (Å²) in [6.45, 7) is 13.1. The van der Waals surface area contributed by atoms with E-state index < -0.39 is 0 Å². The van der Waals surface area contributed by atoms with Crippen molar-refractivity contribution < 1.29 is 24.1 Å². The lowest BCUT2D eigenvalue weighted by atomic mass is 10.3. The van der Waals surface area contributed by atoms with Gasteiger partial charge in [0.25, 0.3) is 5.91 Å². The Morgan fingerprint density at radius 3 is 2.00 bits per heavy atom. The van der Waals surface area contributed by atoms with Crippen molar-refractivity contribution in [2.45, 2.75) is 13.8 Å². The number of likely N-dealkylation sites (N-methyl/N-ethyl adjacent to an activating group) is 1. The Labute approximate surface area is 132 Å². The summed E-state index contributed by atoms with van der Waals surface area (Å²) in [6, 6.07) is 0. The summed E-state index contributed by atoms with van der Waals surface area (Å²) in [5, 5.41) is 0. The van der Waals surface area contributed by atoms with Crippen molar-refractivity contribution in [3.05, 3.63) is 0 Å². The van der Waals surface area contributed by atoms with Gasteiger partial charge in [-0.2, -0.15) is 0 Å². The molecule has 2 N–H and O–H groups in total. The molecule has 2 rings (SSSR count). The topological polar surface area (TPSA) is 58.7 Å². The third-order valence-electron chi connectivity index (χ3n) is 4.72. The average molecular weight is 314 g/mol. The van der Waals surface area contributed by atoms with E-state index in [-0.39, 0.29) is 12.0 Å². The van der Waals surface area contributed by atoms with Crippen LogP contribution < -0.4 is 9.80 Å². The zero-order valence-corrected chi connectivity index (χ0v) is 13.9. The van der Waals surface area contributed by atoms with Gasteiger partial charge in [-0.05, 0) is 13.8 Å². The second-order valence-corrected chi connectivity index (χ2v) is 6.10. The number of rotatable bonds is 4. The van der Waals surface area contributed by atoms with Gasteiger partial charge in [0, 0.05) is 26.2 Å². The summed E-state index contributed by atoms with van der Waals surface area (Å²) in [6.07, 6.45) is -0.265. The lowest BCUT2D eigenvalue weighted by molar-refractivity contribution is -1.01. The van der Waals surface area contributed by atoms with Gasteiger partial charge in [0.1, 0.15) is 26.2 Å². The highest BCUT2D eigenvalue weighted by Gasteiger charge is 2.29. The quantitative estimate of drug-likeness (QED) is 0.585. The molecule has 2 fully saturated rings. The summed E-state index contributed by atoms with van der Waals surface area (Å²) in [5.41, 5.74) is 0. The van der Waals surface area contributed by atoms with E-state index in [0.717, 1.165) is 26.2 Å². The lowest BCUT2D eigenvalue weighted by Crippen LogP contribution is -3.28. The molecule has 0 atom stereocenters. The van der Waals surface area contributed by atoms with Crippen molar-refractivity contribution in [2.24, 2.45) is 0 Å². The summed E-state index contributed by atoms with van der Waals surface area (Å²) in [4.78, 5) is 30.6. The van der Waals surface area contributed by atoms with E-state index in [0.29, 0.717) is 39.3 Å². The highest BCUT2D eigenvalue weighted by molar-refractivity contribution is 5.77. The van der Waals surface area contributed by atoms with Gasteiger partial charge in [0.15, 0.2) is 6.54 Å². The number of amides is 2. The molecule has 2 heterocycles. The molecule has 126 valence electrons. The van der Waals surface area contributed by atoms with Crippen LogP contribution in [0.2, 0.25) is 0 Å². The highest BCUT2D eigenvalue weighted by Crippen LogP contribution is 2.03. The fraction of sp³-hybridized carbons (Fsp3) is 0.867. The van der Waals surface area contributed by atoms with Crippen molar-refractivity contribution in [1.29, 1.82) is 0 Å². The molecule has 0 aliphatic carbocycles. The second-order valence-electron chi connectivity index (χ2n) is 6.10. The minimum absolute atomic E-state index is 0.221. The Bertz CT molecular complexity index is 375. The van der Waals surface area contributed by atoms with Crippen LogP contribution in [0, 0.1) is 0 Å². The van der Waals surface area contributed by atoms with Gasteiger partial charge in [-0.1, -0.05) is 0 Å². The SMILES string of the molecule is CCOC(=O)N1CCN(C(=O)C[NH+]2CC[NH+](CC)CC2)CC1. The number of nitrogens with one attached hydrogen (secondary N) is 2. The van der Waals surface area contributed by atoms with Gasteiger partial charge in [0.2, 0.25) is 0 Å². The molecule has 2 aliphatic rings. The molecule has 0 aromatic carbocycles. The van der Waals surface area contributed by atoms with Gasteiger partial charge in [-0.3, -0.25) is 4.79 Å². The molecular weight excluding hydrogens is 284 g/mol. The molecule has 2 saturated heterocycles. The largest absolute Gasteiger partial charge is 0.450 e. The van der Waals surface area contributed by atoms with E-state index >= 15 is 0 Å². The smallest absolute Gasteiger partial charge is 0.409 e. The number of nitrogens with zero attached hydrogens (tertiary/aromatic N) is 2. The molecule has 22 heavy (non-hydrogen) atoms. The lowest BCUT2D eigenvalue weighted by Gasteiger charge is -2.35. The van der Waals surface area contributed by atoms with Crippen molar-refractivity contribution in [3.63, 3.8) is 0 Å². The zero-order valence-electron chi connectivity index (χ0n) is 13.9. The standard InChI is InChI=1S/C15H28N4O3/c1-3-16-5-7-17(8-6-16)13-14(20)18-9-11-19(12-10-18)15(21)22-4-2/h3-13H2,1-2H3/p+2. The van der Waals surface area contributed by atoms with E-state index in [1.807, 2.05) is 4.90 Å². The van der Waals surface area contributed by atoms with Gasteiger partial charge < -0.3 is 24.3 Å². The summed E-state index contributed by atoms with van der Waals surface area (Å²) in [7, 11) is 0. The van der Waals surface area contributed by atoms with Gasteiger partial charge in [-0.15, -0.1) is 0 Å². The van der Waals surface area contributed by atoms with Crippen molar-refractivity contribution in [2.75, 3.05) is 72.1 Å². The van der Waals surface area contributed by atoms with Crippen LogP contribution in [-0.4, -0.2) is 93.9 Å². The zero-order chi connectivity index (χ0) is 15.9. The van der Waals surface area contributed by atoms with Crippen LogP contribution in [-0.2, 0) is 9.53 Å².